The molecule has 1 N–H and O–H groups in total. The Morgan fingerprint density at radius 3 is 2.64 bits per heavy atom. The van der Waals surface area contributed by atoms with Gasteiger partial charge in [0.15, 0.2) is 0 Å². The number of rotatable bonds is 2. The molecule has 3 nitrogen and oxygen atoms in total. The summed E-state index contributed by atoms with van der Waals surface area (Å²) in [5.41, 5.74) is -0.928. The molecule has 0 spiro atoms. The van der Waals surface area contributed by atoms with E-state index in [9.17, 15) is 9.18 Å². The van der Waals surface area contributed by atoms with E-state index in [1.165, 1.54) is 18.2 Å². The van der Waals surface area contributed by atoms with Crippen molar-refractivity contribution in [3.63, 3.8) is 0 Å². The van der Waals surface area contributed by atoms with E-state index in [0.717, 1.165) is 0 Å². The van der Waals surface area contributed by atoms with Crippen molar-refractivity contribution in [3.05, 3.63) is 35.6 Å². The normalized spacial score (nSPS) is 23.8. The molecule has 2 rings (SSSR count). The van der Waals surface area contributed by atoms with Crippen molar-refractivity contribution in [2.75, 3.05) is 6.61 Å². The zero-order valence-corrected chi connectivity index (χ0v) is 6.66. The second-order valence-electron chi connectivity index (χ2n) is 2.93. The average Bonchev–Trinajstić information content (AvgIpc) is 2.83. The molecule has 1 aromatic rings. The maximum absolute atomic E-state index is 12.7. The summed E-state index contributed by atoms with van der Waals surface area (Å²) in [4.78, 5) is 10.7. The summed E-state index contributed by atoms with van der Waals surface area (Å²) in [6.45, 7) is 0.117. The summed E-state index contributed by atoms with van der Waals surface area (Å²) in [6.07, 6.45) is 0. The fourth-order valence-electron chi connectivity index (χ4n) is 1.23. The number of ether oxygens (including phenoxy) is 1. The van der Waals surface area contributed by atoms with Gasteiger partial charge < -0.3 is 9.84 Å². The van der Waals surface area contributed by atoms with Crippen molar-refractivity contribution < 1.29 is 19.0 Å². The number of carbonyl (C=O) groups is 1. The Labute approximate surface area is 123 Å². The fourth-order valence-corrected chi connectivity index (χ4v) is 1.23. The van der Waals surface area contributed by atoms with E-state index in [0.29, 0.717) is 5.56 Å². The summed E-state index contributed by atoms with van der Waals surface area (Å²) >= 11 is 0. The number of carboxylic acids is 1. The predicted molar refractivity (Wildman–Crippen MR) is 48.8 cm³/mol. The van der Waals surface area contributed by atoms with Gasteiger partial charge in [0.25, 0.3) is 0 Å². The molecule has 0 bridgehead atoms. The summed E-state index contributed by atoms with van der Waals surface area (Å²) in [7, 11) is 0. The maximum atomic E-state index is 12.7. The molecule has 0 saturated carbocycles. The first-order valence-corrected chi connectivity index (χ1v) is 3.78. The van der Waals surface area contributed by atoms with Gasteiger partial charge in [-0.25, -0.2) is 9.18 Å². The van der Waals surface area contributed by atoms with Crippen LogP contribution in [0.2, 0.25) is 0 Å². The van der Waals surface area contributed by atoms with Crippen LogP contribution < -0.4 is 0 Å². The van der Waals surface area contributed by atoms with E-state index in [-0.39, 0.29) is 58.0 Å². The Kier molecular flexibility index (Phi) is 3.85. The van der Waals surface area contributed by atoms with Gasteiger partial charge in [0.1, 0.15) is 5.82 Å². The van der Waals surface area contributed by atoms with Crippen LogP contribution in [0.25, 0.3) is 0 Å². The molecule has 1 saturated heterocycles. The topological polar surface area (TPSA) is 49.8 Å². The molecule has 0 aromatic heterocycles. The van der Waals surface area contributed by atoms with Crippen molar-refractivity contribution in [2.24, 2.45) is 0 Å². The summed E-state index contributed by atoms with van der Waals surface area (Å²) in [6, 6.07) is 5.46. The summed E-state index contributed by atoms with van der Waals surface area (Å²) < 4.78 is 17.6. The fraction of sp³-hybridized carbons (Fsp3) is 0.222. The number of hydrogen-bond acceptors (Lipinski definition) is 2. The molecule has 14 heavy (non-hydrogen) atoms. The second kappa shape index (κ2) is 4.38. The molecule has 70 valence electrons. The number of hydrogen-bond donors (Lipinski definition) is 1. The molecular weight excluding hydrogens is 214 g/mol. The van der Waals surface area contributed by atoms with Gasteiger partial charge in [-0.2, -0.15) is 0 Å². The van der Waals surface area contributed by atoms with Crippen molar-refractivity contribution >= 4 is 57.4 Å². The van der Waals surface area contributed by atoms with Crippen LogP contribution in [-0.4, -0.2) is 69.1 Å². The Bertz CT molecular complexity index is 363. The molecule has 1 aliphatic rings. The Morgan fingerprint density at radius 1 is 1.57 bits per heavy atom. The quantitative estimate of drug-likeness (QED) is 0.585. The SMILES string of the molecule is O=C(O)C1(c2cccc(F)c2)CO1.[KH]. The van der Waals surface area contributed by atoms with E-state index in [1.54, 1.807) is 6.07 Å². The molecule has 1 unspecified atom stereocenters. The Morgan fingerprint density at radius 2 is 2.21 bits per heavy atom. The van der Waals surface area contributed by atoms with Crippen molar-refractivity contribution in [2.45, 2.75) is 5.60 Å². The molecule has 1 fully saturated rings. The average molecular weight is 222 g/mol. The van der Waals surface area contributed by atoms with Crippen LogP contribution in [0.5, 0.6) is 0 Å². The van der Waals surface area contributed by atoms with Crippen LogP contribution in [0.1, 0.15) is 5.56 Å². The molecular formula is C9H8FKO3. The van der Waals surface area contributed by atoms with Gasteiger partial charge in [-0.1, -0.05) is 12.1 Å². The zero-order valence-electron chi connectivity index (χ0n) is 6.66. The molecule has 0 aliphatic carbocycles. The molecule has 5 heteroatoms. The molecule has 0 amide bonds. The summed E-state index contributed by atoms with van der Waals surface area (Å²) in [5, 5.41) is 8.80. The third-order valence-corrected chi connectivity index (χ3v) is 2.07. The van der Waals surface area contributed by atoms with Gasteiger partial charge in [-0.05, 0) is 12.1 Å². The van der Waals surface area contributed by atoms with Crippen LogP contribution in [-0.2, 0) is 15.1 Å². The molecule has 0 radical (unpaired) electrons. The third-order valence-electron chi connectivity index (χ3n) is 2.07. The number of halogens is 1. The van der Waals surface area contributed by atoms with E-state index >= 15 is 0 Å². The van der Waals surface area contributed by atoms with Crippen LogP contribution in [0, 0.1) is 5.82 Å². The van der Waals surface area contributed by atoms with Crippen LogP contribution in [0.4, 0.5) is 4.39 Å². The van der Waals surface area contributed by atoms with Gasteiger partial charge in [0.05, 0.1) is 6.61 Å². The molecule has 1 heterocycles. The zero-order chi connectivity index (χ0) is 9.47. The number of aliphatic carboxylic acids is 1. The van der Waals surface area contributed by atoms with Crippen LogP contribution in [0.3, 0.4) is 0 Å². The van der Waals surface area contributed by atoms with Crippen molar-refractivity contribution in [1.29, 1.82) is 0 Å². The van der Waals surface area contributed by atoms with Gasteiger partial charge in [-0.3, -0.25) is 0 Å². The molecule has 1 aliphatic heterocycles. The van der Waals surface area contributed by atoms with Crippen LogP contribution in [0.15, 0.2) is 24.3 Å². The van der Waals surface area contributed by atoms with Gasteiger partial charge >= 0.3 is 57.4 Å². The van der Waals surface area contributed by atoms with Crippen molar-refractivity contribution in [3.8, 4) is 0 Å². The third kappa shape index (κ3) is 2.07. The van der Waals surface area contributed by atoms with E-state index in [4.69, 9.17) is 9.84 Å². The predicted octanol–water partition coefficient (Wildman–Crippen LogP) is 0.487. The minimum absolute atomic E-state index is 0. The first-order chi connectivity index (χ1) is 6.15. The van der Waals surface area contributed by atoms with Gasteiger partial charge in [-0.15, -0.1) is 0 Å². The Balaban J connectivity index is 0.000000980. The van der Waals surface area contributed by atoms with Crippen molar-refractivity contribution in [1.82, 2.24) is 0 Å². The van der Waals surface area contributed by atoms with Gasteiger partial charge in [0.2, 0.25) is 5.60 Å². The van der Waals surface area contributed by atoms with E-state index < -0.39 is 17.4 Å². The first-order valence-electron chi connectivity index (χ1n) is 3.78. The van der Waals surface area contributed by atoms with Gasteiger partial charge in [0, 0.05) is 5.56 Å². The second-order valence-corrected chi connectivity index (χ2v) is 2.93. The molecule has 1 atom stereocenters. The molecule has 1 aromatic carbocycles. The monoisotopic (exact) mass is 222 g/mol. The van der Waals surface area contributed by atoms with E-state index in [2.05, 4.69) is 0 Å². The standard InChI is InChI=1S/C9H7FO3.K.H/c10-7-3-1-2-6(4-7)9(5-13-9)8(11)12;;/h1-4H,5H2,(H,11,12);;. The van der Waals surface area contributed by atoms with E-state index in [1.807, 2.05) is 0 Å². The first kappa shape index (κ1) is 12.3. The number of carboxylic acid groups (broad SMARTS) is 1. The number of benzene rings is 1. The summed E-state index contributed by atoms with van der Waals surface area (Å²) in [5.74, 6) is -1.52. The number of epoxide rings is 1. The van der Waals surface area contributed by atoms with Crippen LogP contribution >= 0.6 is 0 Å². The Hall–Kier alpha value is 0.216. The minimum atomic E-state index is -1.29.